The molecule has 0 radical (unpaired) electrons. The number of aliphatic carboxylic acids is 1. The molecule has 0 spiro atoms. The van der Waals surface area contributed by atoms with Gasteiger partial charge in [0.25, 0.3) is 0 Å². The van der Waals surface area contributed by atoms with Gasteiger partial charge in [0.15, 0.2) is 0 Å². The highest BCUT2D eigenvalue weighted by Gasteiger charge is 2.27. The van der Waals surface area contributed by atoms with E-state index in [-0.39, 0.29) is 11.0 Å². The quantitative estimate of drug-likeness (QED) is 0.321. The van der Waals surface area contributed by atoms with Crippen molar-refractivity contribution in [3.05, 3.63) is 71.8 Å². The second-order valence-electron chi connectivity index (χ2n) is 9.16. The highest BCUT2D eigenvalue weighted by molar-refractivity contribution is 5.89. The molecule has 2 aromatic carbocycles. The summed E-state index contributed by atoms with van der Waals surface area (Å²) in [5.41, 5.74) is 1.44. The third kappa shape index (κ3) is 9.34. The number of hydrogen-bond donors (Lipinski definition) is 1. The van der Waals surface area contributed by atoms with Gasteiger partial charge in [0.1, 0.15) is 17.1 Å². The van der Waals surface area contributed by atoms with Gasteiger partial charge in [0.2, 0.25) is 0 Å². The van der Waals surface area contributed by atoms with Gasteiger partial charge in [-0.25, -0.2) is 9.59 Å². The van der Waals surface area contributed by atoms with Gasteiger partial charge in [-0.15, -0.1) is 0 Å². The Balaban J connectivity index is 1.92. The molecule has 0 aliphatic rings. The lowest BCUT2D eigenvalue weighted by molar-refractivity contribution is -0.131. The minimum atomic E-state index is -1.02. The van der Waals surface area contributed by atoms with Crippen molar-refractivity contribution in [3.8, 4) is 11.5 Å². The minimum Gasteiger partial charge on any atom is -0.488 e. The first-order valence-corrected chi connectivity index (χ1v) is 10.1. The molecule has 2 rings (SSSR count). The van der Waals surface area contributed by atoms with Crippen LogP contribution in [0.2, 0.25) is 0 Å². The summed E-state index contributed by atoms with van der Waals surface area (Å²) in [5.74, 6) is -0.354. The van der Waals surface area contributed by atoms with Gasteiger partial charge in [0, 0.05) is 12.2 Å². The number of hydrogen-bond acceptors (Lipinski definition) is 4. The molecule has 0 fully saturated rings. The van der Waals surface area contributed by atoms with E-state index >= 15 is 0 Å². The van der Waals surface area contributed by atoms with E-state index in [1.165, 1.54) is 12.2 Å². The van der Waals surface area contributed by atoms with E-state index in [4.69, 9.17) is 14.6 Å². The monoisotopic (exact) mass is 422 g/mol. The number of rotatable bonds is 8. The average Bonchev–Trinajstić information content (AvgIpc) is 2.64. The van der Waals surface area contributed by atoms with E-state index in [0.717, 1.165) is 23.8 Å². The summed E-state index contributed by atoms with van der Waals surface area (Å²) >= 11 is 0. The molecule has 0 heterocycles. The van der Waals surface area contributed by atoms with Gasteiger partial charge in [0.05, 0.1) is 0 Å². The van der Waals surface area contributed by atoms with Crippen LogP contribution in [0.15, 0.2) is 60.7 Å². The number of carboxylic acid groups (broad SMARTS) is 1. The Morgan fingerprint density at radius 1 is 0.806 bits per heavy atom. The first-order chi connectivity index (χ1) is 14.4. The van der Waals surface area contributed by atoms with Crippen LogP contribution in [0.25, 0.3) is 12.2 Å². The third-order valence-corrected chi connectivity index (χ3v) is 4.16. The molecule has 5 nitrogen and oxygen atoms in total. The van der Waals surface area contributed by atoms with Gasteiger partial charge >= 0.3 is 11.9 Å². The zero-order chi connectivity index (χ0) is 23.1. The van der Waals surface area contributed by atoms with Crippen LogP contribution in [0.1, 0.15) is 52.2 Å². The molecule has 1 N–H and O–H groups in total. The van der Waals surface area contributed by atoms with Crippen LogP contribution in [-0.4, -0.2) is 22.6 Å². The van der Waals surface area contributed by atoms with Crippen molar-refractivity contribution in [2.75, 3.05) is 0 Å². The number of carboxylic acids is 1. The molecule has 2 aromatic rings. The van der Waals surface area contributed by atoms with E-state index in [1.807, 2.05) is 24.3 Å². The topological polar surface area (TPSA) is 72.8 Å². The Bertz CT molecular complexity index is 943. The van der Waals surface area contributed by atoms with Crippen LogP contribution >= 0.6 is 0 Å². The molecule has 0 unspecified atom stereocenters. The number of ether oxygens (including phenoxy) is 2. The second kappa shape index (κ2) is 10.1. The summed E-state index contributed by atoms with van der Waals surface area (Å²) in [7, 11) is 0. The van der Waals surface area contributed by atoms with Crippen LogP contribution in [0.5, 0.6) is 11.5 Å². The van der Waals surface area contributed by atoms with Gasteiger partial charge in [-0.3, -0.25) is 0 Å². The SMILES string of the molecule is CC(C)(C)CC(C)(C)Oc1ccc(/C=C/C(=O)Oc2ccc(/C=C/C(=O)O)cc2)cc1. The zero-order valence-corrected chi connectivity index (χ0v) is 18.7. The number of carbonyl (C=O) groups excluding carboxylic acids is 1. The molecule has 0 aliphatic carbocycles. The van der Waals surface area contributed by atoms with E-state index < -0.39 is 11.9 Å². The fourth-order valence-corrected chi connectivity index (χ4v) is 3.41. The van der Waals surface area contributed by atoms with Crippen molar-refractivity contribution < 1.29 is 24.2 Å². The smallest absolute Gasteiger partial charge is 0.336 e. The first-order valence-electron chi connectivity index (χ1n) is 10.1. The van der Waals surface area contributed by atoms with E-state index in [2.05, 4.69) is 34.6 Å². The molecular weight excluding hydrogens is 392 g/mol. The zero-order valence-electron chi connectivity index (χ0n) is 18.7. The van der Waals surface area contributed by atoms with Crippen molar-refractivity contribution in [1.29, 1.82) is 0 Å². The van der Waals surface area contributed by atoms with Crippen molar-refractivity contribution >= 4 is 24.1 Å². The molecule has 0 saturated heterocycles. The summed E-state index contributed by atoms with van der Waals surface area (Å²) in [4.78, 5) is 22.6. The number of carbonyl (C=O) groups is 2. The Kier molecular flexibility index (Phi) is 7.81. The summed E-state index contributed by atoms with van der Waals surface area (Å²) < 4.78 is 11.4. The van der Waals surface area contributed by atoms with Crippen molar-refractivity contribution in [3.63, 3.8) is 0 Å². The molecule has 164 valence electrons. The Morgan fingerprint density at radius 3 is 1.77 bits per heavy atom. The van der Waals surface area contributed by atoms with Gasteiger partial charge in [-0.2, -0.15) is 0 Å². The van der Waals surface area contributed by atoms with Crippen LogP contribution < -0.4 is 9.47 Å². The number of esters is 1. The van der Waals surface area contributed by atoms with Crippen LogP contribution in [0.4, 0.5) is 0 Å². The summed E-state index contributed by atoms with van der Waals surface area (Å²) in [6.45, 7) is 10.7. The molecule has 0 amide bonds. The highest BCUT2D eigenvalue weighted by atomic mass is 16.5. The third-order valence-electron chi connectivity index (χ3n) is 4.16. The summed E-state index contributed by atoms with van der Waals surface area (Å²) in [6.07, 6.45) is 6.47. The van der Waals surface area contributed by atoms with Gasteiger partial charge < -0.3 is 14.6 Å². The lowest BCUT2D eigenvalue weighted by Gasteiger charge is -2.33. The van der Waals surface area contributed by atoms with E-state index in [1.54, 1.807) is 30.3 Å². The number of benzene rings is 2. The second-order valence-corrected chi connectivity index (χ2v) is 9.16. The molecule has 0 bridgehead atoms. The summed E-state index contributed by atoms with van der Waals surface area (Å²) in [5, 5.41) is 8.64. The van der Waals surface area contributed by atoms with Gasteiger partial charge in [-0.1, -0.05) is 45.0 Å². The maximum atomic E-state index is 12.0. The Morgan fingerprint density at radius 2 is 1.29 bits per heavy atom. The maximum absolute atomic E-state index is 12.0. The lowest BCUT2D eigenvalue weighted by Crippen LogP contribution is -2.33. The van der Waals surface area contributed by atoms with Gasteiger partial charge in [-0.05, 0) is 73.2 Å². The molecule has 5 heteroatoms. The fraction of sp³-hybridized carbons (Fsp3) is 0.308. The average molecular weight is 423 g/mol. The summed E-state index contributed by atoms with van der Waals surface area (Å²) in [6, 6.07) is 14.1. The van der Waals surface area contributed by atoms with E-state index in [9.17, 15) is 9.59 Å². The minimum absolute atomic E-state index is 0.169. The van der Waals surface area contributed by atoms with Crippen molar-refractivity contribution in [1.82, 2.24) is 0 Å². The molecule has 0 atom stereocenters. The predicted octanol–water partition coefficient (Wildman–Crippen LogP) is 6.00. The van der Waals surface area contributed by atoms with Crippen LogP contribution in [0, 0.1) is 5.41 Å². The first kappa shape index (κ1) is 23.9. The van der Waals surface area contributed by atoms with Crippen LogP contribution in [-0.2, 0) is 9.59 Å². The van der Waals surface area contributed by atoms with Crippen molar-refractivity contribution in [2.45, 2.75) is 46.6 Å². The lowest BCUT2D eigenvalue weighted by atomic mass is 9.83. The normalized spacial score (nSPS) is 12.3. The molecule has 0 saturated carbocycles. The Hall–Kier alpha value is -3.34. The highest BCUT2D eigenvalue weighted by Crippen LogP contribution is 2.31. The Labute approximate surface area is 184 Å². The van der Waals surface area contributed by atoms with E-state index in [0.29, 0.717) is 11.3 Å². The standard InChI is InChI=1S/C26H30O5/c1-25(2,3)18-26(4,5)31-22-14-8-20(9-15-22)11-17-24(29)30-21-12-6-19(7-13-21)10-16-23(27)28/h6-17H,18H2,1-5H3,(H,27,28)/b16-10+,17-11+. The maximum Gasteiger partial charge on any atom is 0.336 e. The predicted molar refractivity (Wildman–Crippen MR) is 123 cm³/mol. The molecular formula is C26H30O5. The molecule has 0 aromatic heterocycles. The van der Waals surface area contributed by atoms with Crippen molar-refractivity contribution in [2.24, 2.45) is 5.41 Å². The fourth-order valence-electron chi connectivity index (χ4n) is 3.41. The largest absolute Gasteiger partial charge is 0.488 e. The molecule has 31 heavy (non-hydrogen) atoms. The molecule has 0 aliphatic heterocycles. The van der Waals surface area contributed by atoms with Crippen LogP contribution in [0.3, 0.4) is 0 Å².